The van der Waals surface area contributed by atoms with Gasteiger partial charge in [0.1, 0.15) is 10.3 Å². The van der Waals surface area contributed by atoms with E-state index in [9.17, 15) is 18.3 Å². The molecule has 6 nitrogen and oxygen atoms in total. The number of amides is 1. The minimum Gasteiger partial charge on any atom is -0.392 e. The maximum atomic E-state index is 12.8. The number of carbonyl (C=O) groups excluding carboxylic acids is 1. The Morgan fingerprint density at radius 2 is 2.00 bits per heavy atom. The summed E-state index contributed by atoms with van der Waals surface area (Å²) in [5, 5.41) is 12.2. The molecule has 0 spiro atoms. The van der Waals surface area contributed by atoms with Gasteiger partial charge in [-0.2, -0.15) is 4.31 Å². The highest BCUT2D eigenvalue weighted by Gasteiger charge is 2.40. The zero-order valence-electron chi connectivity index (χ0n) is 13.9. The highest BCUT2D eigenvalue weighted by molar-refractivity contribution is 7.91. The second-order valence-corrected chi connectivity index (χ2v) is 9.81. The van der Waals surface area contributed by atoms with Crippen molar-refractivity contribution in [2.24, 2.45) is 0 Å². The molecule has 0 bridgehead atoms. The Labute approximate surface area is 161 Å². The Morgan fingerprint density at radius 1 is 1.27 bits per heavy atom. The SMILES string of the molecule is O=C(NCc1ccccc1CO)[C@@H]1CCCN1S(=O)(=O)c1ccc(Cl)s1. The minimum atomic E-state index is -3.74. The van der Waals surface area contributed by atoms with Gasteiger partial charge in [0.05, 0.1) is 10.9 Å². The molecule has 140 valence electrons. The summed E-state index contributed by atoms with van der Waals surface area (Å²) in [5.41, 5.74) is 1.54. The number of halogens is 1. The Morgan fingerprint density at radius 3 is 2.65 bits per heavy atom. The van der Waals surface area contributed by atoms with Crippen LogP contribution in [0.25, 0.3) is 0 Å². The maximum Gasteiger partial charge on any atom is 0.253 e. The molecule has 9 heteroatoms. The number of nitrogens with one attached hydrogen (secondary N) is 1. The molecule has 2 aromatic rings. The Hall–Kier alpha value is -1.45. The summed E-state index contributed by atoms with van der Waals surface area (Å²) < 4.78 is 27.4. The third-order valence-corrected chi connectivity index (χ3v) is 7.97. The fourth-order valence-electron chi connectivity index (χ4n) is 3.03. The van der Waals surface area contributed by atoms with E-state index in [0.717, 1.165) is 22.5 Å². The molecule has 3 rings (SSSR count). The van der Waals surface area contributed by atoms with Crippen LogP contribution in [0.4, 0.5) is 0 Å². The van der Waals surface area contributed by atoms with E-state index in [1.807, 2.05) is 18.2 Å². The number of hydrogen-bond donors (Lipinski definition) is 2. The largest absolute Gasteiger partial charge is 0.392 e. The van der Waals surface area contributed by atoms with Gasteiger partial charge in [-0.3, -0.25) is 4.79 Å². The lowest BCUT2D eigenvalue weighted by molar-refractivity contribution is -0.124. The lowest BCUT2D eigenvalue weighted by Crippen LogP contribution is -2.45. The van der Waals surface area contributed by atoms with E-state index in [4.69, 9.17) is 11.6 Å². The van der Waals surface area contributed by atoms with Crippen LogP contribution in [-0.2, 0) is 28.0 Å². The number of nitrogens with zero attached hydrogens (tertiary/aromatic N) is 1. The average molecular weight is 415 g/mol. The maximum absolute atomic E-state index is 12.8. The van der Waals surface area contributed by atoms with Crippen molar-refractivity contribution < 1.29 is 18.3 Å². The van der Waals surface area contributed by atoms with Gasteiger partial charge in [0, 0.05) is 13.1 Å². The summed E-state index contributed by atoms with van der Waals surface area (Å²) in [4.78, 5) is 12.6. The quantitative estimate of drug-likeness (QED) is 0.759. The van der Waals surface area contributed by atoms with Crippen LogP contribution in [-0.4, -0.2) is 36.3 Å². The van der Waals surface area contributed by atoms with Crippen molar-refractivity contribution in [2.75, 3.05) is 6.54 Å². The summed E-state index contributed by atoms with van der Waals surface area (Å²) in [6.45, 7) is 0.434. The predicted molar refractivity (Wildman–Crippen MR) is 100 cm³/mol. The molecule has 1 aliphatic heterocycles. The molecule has 0 radical (unpaired) electrons. The highest BCUT2D eigenvalue weighted by Crippen LogP contribution is 2.32. The fourth-order valence-corrected chi connectivity index (χ4v) is 6.29. The first kappa shape index (κ1) is 19.3. The molecule has 1 aliphatic rings. The van der Waals surface area contributed by atoms with E-state index in [1.165, 1.54) is 16.4 Å². The van der Waals surface area contributed by atoms with Crippen molar-refractivity contribution in [3.05, 3.63) is 51.9 Å². The van der Waals surface area contributed by atoms with E-state index in [1.54, 1.807) is 6.07 Å². The van der Waals surface area contributed by atoms with Crippen LogP contribution >= 0.6 is 22.9 Å². The molecule has 26 heavy (non-hydrogen) atoms. The molecule has 1 aromatic carbocycles. The minimum absolute atomic E-state index is 0.116. The number of aliphatic hydroxyl groups excluding tert-OH is 1. The smallest absolute Gasteiger partial charge is 0.253 e. The predicted octanol–water partition coefficient (Wildman–Crippen LogP) is 2.36. The number of aliphatic hydroxyl groups is 1. The van der Waals surface area contributed by atoms with Gasteiger partial charge in [0.2, 0.25) is 5.91 Å². The molecular formula is C17H19ClN2O4S2. The third-order valence-electron chi connectivity index (χ3n) is 4.36. The van der Waals surface area contributed by atoms with E-state index in [0.29, 0.717) is 23.7 Å². The lowest BCUT2D eigenvalue weighted by Gasteiger charge is -2.22. The first-order chi connectivity index (χ1) is 12.4. The van der Waals surface area contributed by atoms with Crippen LogP contribution in [0.15, 0.2) is 40.6 Å². The van der Waals surface area contributed by atoms with Crippen molar-refractivity contribution in [3.63, 3.8) is 0 Å². The van der Waals surface area contributed by atoms with E-state index < -0.39 is 16.1 Å². The monoisotopic (exact) mass is 414 g/mol. The second-order valence-electron chi connectivity index (χ2n) is 5.98. The van der Waals surface area contributed by atoms with E-state index >= 15 is 0 Å². The average Bonchev–Trinajstić information content (AvgIpc) is 3.29. The molecule has 0 unspecified atom stereocenters. The molecule has 0 aliphatic carbocycles. The van der Waals surface area contributed by atoms with E-state index in [-0.39, 0.29) is 23.3 Å². The van der Waals surface area contributed by atoms with E-state index in [2.05, 4.69) is 5.32 Å². The molecule has 0 saturated carbocycles. The van der Waals surface area contributed by atoms with Gasteiger partial charge >= 0.3 is 0 Å². The molecule has 1 amide bonds. The van der Waals surface area contributed by atoms with Crippen molar-refractivity contribution in [1.29, 1.82) is 0 Å². The first-order valence-corrected chi connectivity index (χ1v) is 10.8. The Bertz CT molecular complexity index is 898. The zero-order chi connectivity index (χ0) is 18.7. The third kappa shape index (κ3) is 3.94. The number of rotatable bonds is 6. The number of carbonyl (C=O) groups is 1. The molecule has 1 atom stereocenters. The standard InChI is InChI=1S/C17H19ClN2O4S2/c18-15-7-8-16(25-15)26(23,24)20-9-3-6-14(20)17(22)19-10-12-4-1-2-5-13(12)11-21/h1-2,4-5,7-8,14,21H,3,6,9-11H2,(H,19,22)/t14-/m0/s1. The topological polar surface area (TPSA) is 86.7 Å². The summed E-state index contributed by atoms with van der Waals surface area (Å²) >= 11 is 6.84. The van der Waals surface area contributed by atoms with Gasteiger partial charge in [-0.15, -0.1) is 11.3 Å². The van der Waals surface area contributed by atoms with Crippen molar-refractivity contribution in [2.45, 2.75) is 36.2 Å². The summed E-state index contributed by atoms with van der Waals surface area (Å²) in [6, 6.07) is 9.52. The van der Waals surface area contributed by atoms with Gasteiger partial charge in [0.15, 0.2) is 0 Å². The van der Waals surface area contributed by atoms with Gasteiger partial charge in [-0.25, -0.2) is 8.42 Å². The molecule has 1 aromatic heterocycles. The van der Waals surface area contributed by atoms with Crippen molar-refractivity contribution in [3.8, 4) is 0 Å². The lowest BCUT2D eigenvalue weighted by atomic mass is 10.1. The number of sulfonamides is 1. The molecule has 1 saturated heterocycles. The van der Waals surface area contributed by atoms with Crippen molar-refractivity contribution >= 4 is 38.9 Å². The summed E-state index contributed by atoms with van der Waals surface area (Å²) in [5.74, 6) is -0.332. The molecule has 1 fully saturated rings. The van der Waals surface area contributed by atoms with Gasteiger partial charge in [-0.1, -0.05) is 35.9 Å². The Balaban J connectivity index is 1.72. The normalized spacial score (nSPS) is 18.2. The van der Waals surface area contributed by atoms with Crippen LogP contribution in [0.3, 0.4) is 0 Å². The molecule has 2 N–H and O–H groups in total. The van der Waals surface area contributed by atoms with Crippen LogP contribution in [0, 0.1) is 0 Å². The number of benzene rings is 1. The number of hydrogen-bond acceptors (Lipinski definition) is 5. The highest BCUT2D eigenvalue weighted by atomic mass is 35.5. The first-order valence-electron chi connectivity index (χ1n) is 8.16. The van der Waals surface area contributed by atoms with Gasteiger partial charge in [0.25, 0.3) is 10.0 Å². The number of thiophene rings is 1. The van der Waals surface area contributed by atoms with Gasteiger partial charge < -0.3 is 10.4 Å². The summed E-state index contributed by atoms with van der Waals surface area (Å²) in [7, 11) is -3.74. The summed E-state index contributed by atoms with van der Waals surface area (Å²) in [6.07, 6.45) is 1.11. The van der Waals surface area contributed by atoms with Crippen LogP contribution < -0.4 is 5.32 Å². The van der Waals surface area contributed by atoms with Gasteiger partial charge in [-0.05, 0) is 36.1 Å². The van der Waals surface area contributed by atoms with Crippen LogP contribution in [0.5, 0.6) is 0 Å². The second kappa shape index (κ2) is 8.06. The zero-order valence-corrected chi connectivity index (χ0v) is 16.3. The molecular weight excluding hydrogens is 396 g/mol. The van der Waals surface area contributed by atoms with Crippen molar-refractivity contribution in [1.82, 2.24) is 9.62 Å². The molecule has 2 heterocycles. The Kier molecular flexibility index (Phi) is 5.99. The van der Waals surface area contributed by atoms with Crippen LogP contribution in [0.1, 0.15) is 24.0 Å². The fraction of sp³-hybridized carbons (Fsp3) is 0.353. The van der Waals surface area contributed by atoms with Crippen LogP contribution in [0.2, 0.25) is 4.34 Å².